The molecule has 88 valence electrons. The van der Waals surface area contributed by atoms with Crippen molar-refractivity contribution in [1.82, 2.24) is 4.98 Å². The van der Waals surface area contributed by atoms with Gasteiger partial charge in [-0.3, -0.25) is 15.1 Å². The Labute approximate surface area is 98.6 Å². The first kappa shape index (κ1) is 11.3. The molecule has 0 radical (unpaired) electrons. The van der Waals surface area contributed by atoms with Gasteiger partial charge < -0.3 is 5.32 Å². The fourth-order valence-corrected chi connectivity index (χ4v) is 1.74. The largest absolute Gasteiger partial charge is 0.381 e. The van der Waals surface area contributed by atoms with Gasteiger partial charge in [0.25, 0.3) is 5.69 Å². The number of nitro groups is 1. The molecule has 5 nitrogen and oxygen atoms in total. The van der Waals surface area contributed by atoms with Crippen LogP contribution in [0.5, 0.6) is 0 Å². The molecule has 1 heterocycles. The third-order valence-electron chi connectivity index (χ3n) is 2.39. The van der Waals surface area contributed by atoms with Crippen LogP contribution in [0.2, 0.25) is 0 Å². The van der Waals surface area contributed by atoms with E-state index in [-0.39, 0.29) is 16.7 Å². The minimum Gasteiger partial charge on any atom is -0.381 e. The molecule has 0 atom stereocenters. The number of anilines is 1. The second-order valence-electron chi connectivity index (χ2n) is 4.09. The molecule has 0 bridgehead atoms. The van der Waals surface area contributed by atoms with Crippen LogP contribution in [0.25, 0.3) is 10.9 Å². The maximum atomic E-state index is 10.9. The van der Waals surface area contributed by atoms with Gasteiger partial charge in [0.2, 0.25) is 0 Å². The standard InChI is InChI=1S/C12H13N3O2/c1-8(2)14-10-5-6-11(15(16)17)9-4-3-7-13-12(9)10/h3-8,14H,1-2H3. The second-order valence-corrected chi connectivity index (χ2v) is 4.09. The van der Waals surface area contributed by atoms with Crippen LogP contribution in [-0.4, -0.2) is 15.9 Å². The highest BCUT2D eigenvalue weighted by atomic mass is 16.6. The van der Waals surface area contributed by atoms with Gasteiger partial charge in [-0.15, -0.1) is 0 Å². The molecule has 0 aliphatic carbocycles. The number of nitrogens with zero attached hydrogens (tertiary/aromatic N) is 2. The van der Waals surface area contributed by atoms with E-state index in [2.05, 4.69) is 10.3 Å². The van der Waals surface area contributed by atoms with Gasteiger partial charge in [-0.2, -0.15) is 0 Å². The molecule has 2 aromatic rings. The van der Waals surface area contributed by atoms with Crippen LogP contribution < -0.4 is 5.32 Å². The number of aromatic nitrogens is 1. The van der Waals surface area contributed by atoms with Crippen LogP contribution in [0.15, 0.2) is 30.5 Å². The first-order valence-electron chi connectivity index (χ1n) is 5.38. The topological polar surface area (TPSA) is 68.1 Å². The zero-order chi connectivity index (χ0) is 12.4. The van der Waals surface area contributed by atoms with E-state index in [9.17, 15) is 10.1 Å². The maximum Gasteiger partial charge on any atom is 0.278 e. The van der Waals surface area contributed by atoms with Crippen molar-refractivity contribution in [1.29, 1.82) is 0 Å². The number of non-ortho nitro benzene ring substituents is 1. The number of rotatable bonds is 3. The second kappa shape index (κ2) is 4.37. The Balaban J connectivity index is 2.66. The van der Waals surface area contributed by atoms with Gasteiger partial charge >= 0.3 is 0 Å². The Morgan fingerprint density at radius 3 is 2.76 bits per heavy atom. The number of nitro benzene ring substituents is 1. The summed E-state index contributed by atoms with van der Waals surface area (Å²) >= 11 is 0. The van der Waals surface area contributed by atoms with E-state index in [0.29, 0.717) is 10.9 Å². The lowest BCUT2D eigenvalue weighted by Gasteiger charge is -2.11. The highest BCUT2D eigenvalue weighted by Gasteiger charge is 2.14. The monoisotopic (exact) mass is 231 g/mol. The van der Waals surface area contributed by atoms with Gasteiger partial charge in [-0.1, -0.05) is 0 Å². The first-order chi connectivity index (χ1) is 8.09. The highest BCUT2D eigenvalue weighted by molar-refractivity contribution is 5.96. The van der Waals surface area contributed by atoms with Gasteiger partial charge in [0.1, 0.15) is 5.52 Å². The summed E-state index contributed by atoms with van der Waals surface area (Å²) in [7, 11) is 0. The summed E-state index contributed by atoms with van der Waals surface area (Å²) in [6, 6.07) is 6.88. The molecule has 0 saturated carbocycles. The number of pyridine rings is 1. The van der Waals surface area contributed by atoms with Gasteiger partial charge in [0.15, 0.2) is 0 Å². The molecule has 17 heavy (non-hydrogen) atoms. The molecule has 0 saturated heterocycles. The smallest absolute Gasteiger partial charge is 0.278 e. The van der Waals surface area contributed by atoms with Crippen LogP contribution in [0.1, 0.15) is 13.8 Å². The van der Waals surface area contributed by atoms with Gasteiger partial charge in [-0.25, -0.2) is 0 Å². The van der Waals surface area contributed by atoms with Crippen molar-refractivity contribution in [3.63, 3.8) is 0 Å². The Morgan fingerprint density at radius 1 is 1.35 bits per heavy atom. The number of hydrogen-bond donors (Lipinski definition) is 1. The third kappa shape index (κ3) is 2.18. The molecular weight excluding hydrogens is 218 g/mol. The van der Waals surface area contributed by atoms with Crippen LogP contribution in [0.4, 0.5) is 11.4 Å². The summed E-state index contributed by atoms with van der Waals surface area (Å²) in [5.41, 5.74) is 1.54. The molecule has 0 aliphatic rings. The quantitative estimate of drug-likeness (QED) is 0.651. The molecule has 0 fully saturated rings. The van der Waals surface area contributed by atoms with E-state index in [1.165, 1.54) is 6.07 Å². The van der Waals surface area contributed by atoms with Crippen molar-refractivity contribution in [2.45, 2.75) is 19.9 Å². The Morgan fingerprint density at radius 2 is 2.12 bits per heavy atom. The fraction of sp³-hybridized carbons (Fsp3) is 0.250. The average molecular weight is 231 g/mol. The SMILES string of the molecule is CC(C)Nc1ccc([N+](=O)[O-])c2cccnc12. The lowest BCUT2D eigenvalue weighted by Crippen LogP contribution is -2.10. The number of nitrogens with one attached hydrogen (secondary N) is 1. The zero-order valence-electron chi connectivity index (χ0n) is 9.68. The summed E-state index contributed by atoms with van der Waals surface area (Å²) < 4.78 is 0. The van der Waals surface area contributed by atoms with Gasteiger partial charge in [-0.05, 0) is 32.0 Å². The molecule has 1 N–H and O–H groups in total. The predicted molar refractivity (Wildman–Crippen MR) is 67.2 cm³/mol. The Hall–Kier alpha value is -2.17. The van der Waals surface area contributed by atoms with Crippen LogP contribution in [0, 0.1) is 10.1 Å². The molecule has 0 amide bonds. The minimum absolute atomic E-state index is 0.0856. The van der Waals surface area contributed by atoms with E-state index in [0.717, 1.165) is 5.69 Å². The average Bonchev–Trinajstić information content (AvgIpc) is 2.28. The molecule has 0 aliphatic heterocycles. The summed E-state index contributed by atoms with van der Waals surface area (Å²) in [5.74, 6) is 0. The van der Waals surface area contributed by atoms with Crippen LogP contribution in [0.3, 0.4) is 0 Å². The zero-order valence-corrected chi connectivity index (χ0v) is 9.68. The lowest BCUT2D eigenvalue weighted by molar-refractivity contribution is -0.383. The normalized spacial score (nSPS) is 10.8. The Bertz CT molecular complexity index is 567. The summed E-state index contributed by atoms with van der Waals surface area (Å²) in [6.45, 7) is 4.02. The van der Waals surface area contributed by atoms with Crippen LogP contribution >= 0.6 is 0 Å². The number of benzene rings is 1. The third-order valence-corrected chi connectivity index (χ3v) is 2.39. The first-order valence-corrected chi connectivity index (χ1v) is 5.38. The molecule has 0 unspecified atom stereocenters. The fourth-order valence-electron chi connectivity index (χ4n) is 1.74. The van der Waals surface area contributed by atoms with Crippen molar-refractivity contribution in [3.05, 3.63) is 40.6 Å². The van der Waals surface area contributed by atoms with Gasteiger partial charge in [0.05, 0.1) is 16.0 Å². The summed E-state index contributed by atoms with van der Waals surface area (Å²) in [4.78, 5) is 14.7. The highest BCUT2D eigenvalue weighted by Crippen LogP contribution is 2.29. The van der Waals surface area contributed by atoms with Crippen molar-refractivity contribution in [2.24, 2.45) is 0 Å². The summed E-state index contributed by atoms with van der Waals surface area (Å²) in [5, 5.41) is 14.7. The number of fused-ring (bicyclic) bond motifs is 1. The van der Waals surface area contributed by atoms with E-state index in [1.54, 1.807) is 24.4 Å². The van der Waals surface area contributed by atoms with Crippen molar-refractivity contribution in [2.75, 3.05) is 5.32 Å². The molecule has 0 spiro atoms. The van der Waals surface area contributed by atoms with E-state index < -0.39 is 0 Å². The molecular formula is C12H13N3O2. The number of hydrogen-bond acceptors (Lipinski definition) is 4. The predicted octanol–water partition coefficient (Wildman–Crippen LogP) is 2.96. The van der Waals surface area contributed by atoms with Crippen molar-refractivity contribution < 1.29 is 4.92 Å². The van der Waals surface area contributed by atoms with Gasteiger partial charge in [0, 0.05) is 18.3 Å². The molecule has 1 aromatic carbocycles. The molecule has 5 heteroatoms. The maximum absolute atomic E-state index is 10.9. The van der Waals surface area contributed by atoms with Crippen molar-refractivity contribution in [3.8, 4) is 0 Å². The van der Waals surface area contributed by atoms with E-state index in [4.69, 9.17) is 0 Å². The molecule has 1 aromatic heterocycles. The lowest BCUT2D eigenvalue weighted by atomic mass is 10.1. The Kier molecular flexibility index (Phi) is 2.91. The van der Waals surface area contributed by atoms with E-state index >= 15 is 0 Å². The van der Waals surface area contributed by atoms with Crippen LogP contribution in [-0.2, 0) is 0 Å². The van der Waals surface area contributed by atoms with Crippen molar-refractivity contribution >= 4 is 22.3 Å². The summed E-state index contributed by atoms with van der Waals surface area (Å²) in [6.07, 6.45) is 1.64. The molecule has 2 rings (SSSR count). The minimum atomic E-state index is -0.386. The van der Waals surface area contributed by atoms with E-state index in [1.807, 2.05) is 13.8 Å².